The lowest BCUT2D eigenvalue weighted by Gasteiger charge is -2.54. The molecule has 37 heavy (non-hydrogen) atoms. The normalized spacial score (nSPS) is 27.5. The van der Waals surface area contributed by atoms with Gasteiger partial charge in [0.05, 0.1) is 12.0 Å². The van der Waals surface area contributed by atoms with E-state index in [9.17, 15) is 32.3 Å². The third-order valence-electron chi connectivity index (χ3n) is 7.41. The zero-order valence-corrected chi connectivity index (χ0v) is 20.2. The molecule has 202 valence electrons. The number of piperidine rings is 2. The second-order valence-electron chi connectivity index (χ2n) is 9.72. The van der Waals surface area contributed by atoms with Crippen molar-refractivity contribution >= 4 is 35.1 Å². The van der Waals surface area contributed by atoms with Crippen LogP contribution < -0.4 is 10.6 Å². The SMILES string of the molecule is O=C1NCC[C@H]1C[C@@H](NC(=O)[C@@H]1[C@H]2CC[C@H](CC2(F)F)N1C(=O)C(F)(F)c1cccc(Cl)c1)C(=O)CF. The first kappa shape index (κ1) is 27.3. The summed E-state index contributed by atoms with van der Waals surface area (Å²) in [4.78, 5) is 51.1. The average molecular weight is 550 g/mol. The molecule has 3 heterocycles. The summed E-state index contributed by atoms with van der Waals surface area (Å²) >= 11 is 5.79. The topological polar surface area (TPSA) is 95.6 Å². The van der Waals surface area contributed by atoms with Crippen LogP contribution >= 0.6 is 11.6 Å². The Kier molecular flexibility index (Phi) is 7.51. The number of Topliss-reactive ketones (excluding diaryl/α,β-unsaturated/α-hetero) is 1. The summed E-state index contributed by atoms with van der Waals surface area (Å²) in [5, 5.41) is 4.65. The van der Waals surface area contributed by atoms with E-state index < -0.39 is 84.0 Å². The van der Waals surface area contributed by atoms with E-state index in [0.717, 1.165) is 12.1 Å². The molecule has 13 heteroatoms. The number of alkyl halides is 5. The predicted molar refractivity (Wildman–Crippen MR) is 121 cm³/mol. The van der Waals surface area contributed by atoms with Crippen LogP contribution in [0.15, 0.2) is 24.3 Å². The monoisotopic (exact) mass is 549 g/mol. The molecule has 2 bridgehead atoms. The number of hydrogen-bond donors (Lipinski definition) is 2. The number of amides is 3. The number of nitrogens with one attached hydrogen (secondary N) is 2. The van der Waals surface area contributed by atoms with Gasteiger partial charge in [-0.15, -0.1) is 0 Å². The highest BCUT2D eigenvalue weighted by Crippen LogP contribution is 2.50. The standard InChI is InChI=1S/C24H25ClF5N3O4/c25-14-3-1-2-13(9-14)24(29,30)22(37)33-15-4-5-16(23(27,28)10-15)19(33)21(36)32-17(18(34)11-26)8-12-6-7-31-20(12)35/h1-3,9,12,15-17,19H,4-8,10-11H2,(H,31,35)(H,32,36)/t12-,15+,16+,17+,19-/m0/s1. The summed E-state index contributed by atoms with van der Waals surface area (Å²) in [5.74, 6) is -14.7. The molecule has 5 rings (SSSR count). The fraction of sp³-hybridized carbons (Fsp3) is 0.583. The summed E-state index contributed by atoms with van der Waals surface area (Å²) in [7, 11) is 0. The van der Waals surface area contributed by atoms with E-state index in [1.165, 1.54) is 12.1 Å². The number of benzene rings is 1. The third kappa shape index (κ3) is 5.17. The smallest absolute Gasteiger partial charge is 0.350 e. The molecule has 0 unspecified atom stereocenters. The number of carbonyl (C=O) groups excluding carboxylic acids is 4. The van der Waals surface area contributed by atoms with Crippen LogP contribution in [-0.2, 0) is 25.1 Å². The quantitative estimate of drug-likeness (QED) is 0.488. The van der Waals surface area contributed by atoms with Crippen molar-refractivity contribution in [2.24, 2.45) is 11.8 Å². The van der Waals surface area contributed by atoms with Crippen LogP contribution in [0.5, 0.6) is 0 Å². The highest BCUT2D eigenvalue weighted by molar-refractivity contribution is 6.30. The lowest BCUT2D eigenvalue weighted by Crippen LogP contribution is -2.70. The van der Waals surface area contributed by atoms with E-state index in [1.54, 1.807) is 0 Å². The molecule has 1 aromatic rings. The van der Waals surface area contributed by atoms with Gasteiger partial charge >= 0.3 is 5.92 Å². The fourth-order valence-corrected chi connectivity index (χ4v) is 5.73. The lowest BCUT2D eigenvalue weighted by molar-refractivity contribution is -0.207. The second-order valence-corrected chi connectivity index (χ2v) is 10.2. The van der Waals surface area contributed by atoms with Crippen LogP contribution in [0.2, 0.25) is 5.02 Å². The predicted octanol–water partition coefficient (Wildman–Crippen LogP) is 3.00. The first-order valence-electron chi connectivity index (χ1n) is 11.9. The summed E-state index contributed by atoms with van der Waals surface area (Å²) in [6.45, 7) is -1.19. The molecule has 2 N–H and O–H groups in total. The van der Waals surface area contributed by atoms with E-state index in [-0.39, 0.29) is 24.3 Å². The zero-order chi connectivity index (χ0) is 27.1. The van der Waals surface area contributed by atoms with Gasteiger partial charge in [-0.2, -0.15) is 8.78 Å². The van der Waals surface area contributed by atoms with Gasteiger partial charge in [-0.25, -0.2) is 13.2 Å². The van der Waals surface area contributed by atoms with Crippen molar-refractivity contribution < 1.29 is 41.1 Å². The van der Waals surface area contributed by atoms with Gasteiger partial charge in [0, 0.05) is 35.5 Å². The Hall–Kier alpha value is -2.76. The minimum atomic E-state index is -4.19. The Morgan fingerprint density at radius 3 is 2.54 bits per heavy atom. The maximum absolute atomic E-state index is 15.3. The van der Waals surface area contributed by atoms with Crippen LogP contribution in [0, 0.1) is 11.8 Å². The van der Waals surface area contributed by atoms with E-state index in [4.69, 9.17) is 11.6 Å². The first-order valence-corrected chi connectivity index (χ1v) is 12.3. The van der Waals surface area contributed by atoms with E-state index in [1.807, 2.05) is 0 Å². The van der Waals surface area contributed by atoms with Gasteiger partial charge in [0.2, 0.25) is 11.8 Å². The Balaban J connectivity index is 1.64. The number of carbonyl (C=O) groups is 4. The minimum absolute atomic E-state index is 0.0174. The molecule has 1 aliphatic carbocycles. The van der Waals surface area contributed by atoms with Crippen LogP contribution in [0.25, 0.3) is 0 Å². The summed E-state index contributed by atoms with van der Waals surface area (Å²) in [5.41, 5.74) is -0.768. The molecule has 0 spiro atoms. The number of fused-ring (bicyclic) bond motifs is 3. The molecule has 3 saturated heterocycles. The average Bonchev–Trinajstić information content (AvgIpc) is 3.25. The largest absolute Gasteiger partial charge is 0.356 e. The molecular formula is C24H25ClF5N3O4. The molecule has 1 saturated carbocycles. The highest BCUT2D eigenvalue weighted by Gasteiger charge is 2.63. The van der Waals surface area contributed by atoms with Gasteiger partial charge in [-0.05, 0) is 37.8 Å². The van der Waals surface area contributed by atoms with Gasteiger partial charge in [-0.3, -0.25) is 19.2 Å². The number of halogens is 6. The lowest BCUT2D eigenvalue weighted by atomic mass is 9.71. The highest BCUT2D eigenvalue weighted by atomic mass is 35.5. The Bertz CT molecular complexity index is 1100. The molecule has 3 amide bonds. The summed E-state index contributed by atoms with van der Waals surface area (Å²) in [6.07, 6.45) is -1.10. The van der Waals surface area contributed by atoms with Crippen molar-refractivity contribution in [3.63, 3.8) is 0 Å². The van der Waals surface area contributed by atoms with Crippen LogP contribution in [0.4, 0.5) is 22.0 Å². The van der Waals surface area contributed by atoms with Crippen LogP contribution in [-0.4, -0.2) is 65.7 Å². The van der Waals surface area contributed by atoms with E-state index in [0.29, 0.717) is 17.9 Å². The number of ketones is 1. The van der Waals surface area contributed by atoms with Gasteiger partial charge in [0.1, 0.15) is 12.7 Å². The van der Waals surface area contributed by atoms with Crippen molar-refractivity contribution in [3.8, 4) is 0 Å². The number of nitrogens with zero attached hydrogens (tertiary/aromatic N) is 1. The van der Waals surface area contributed by atoms with Crippen molar-refractivity contribution in [3.05, 3.63) is 34.9 Å². The van der Waals surface area contributed by atoms with E-state index in [2.05, 4.69) is 10.6 Å². The van der Waals surface area contributed by atoms with Gasteiger partial charge in [0.15, 0.2) is 5.78 Å². The minimum Gasteiger partial charge on any atom is -0.356 e. The first-order chi connectivity index (χ1) is 17.4. The molecule has 5 atom stereocenters. The molecule has 3 aliphatic heterocycles. The molecule has 4 fully saturated rings. The zero-order valence-electron chi connectivity index (χ0n) is 19.5. The third-order valence-corrected chi connectivity index (χ3v) is 7.65. The molecule has 4 aliphatic rings. The summed E-state index contributed by atoms with van der Waals surface area (Å²) in [6, 6.07) is -0.585. The molecule has 0 radical (unpaired) electrons. The van der Waals surface area contributed by atoms with Gasteiger partial charge in [-0.1, -0.05) is 23.7 Å². The van der Waals surface area contributed by atoms with Gasteiger partial charge in [0.25, 0.3) is 11.8 Å². The molecule has 0 aromatic heterocycles. The van der Waals surface area contributed by atoms with Crippen molar-refractivity contribution in [1.29, 1.82) is 0 Å². The second kappa shape index (κ2) is 10.2. The molecule has 7 nitrogen and oxygen atoms in total. The number of rotatable bonds is 8. The maximum Gasteiger partial charge on any atom is 0.350 e. The van der Waals surface area contributed by atoms with Gasteiger partial charge < -0.3 is 15.5 Å². The Labute approximate surface area is 214 Å². The van der Waals surface area contributed by atoms with E-state index >= 15 is 8.78 Å². The van der Waals surface area contributed by atoms with Crippen LogP contribution in [0.3, 0.4) is 0 Å². The summed E-state index contributed by atoms with van der Waals surface area (Å²) < 4.78 is 73.6. The fourth-order valence-electron chi connectivity index (χ4n) is 5.54. The Morgan fingerprint density at radius 1 is 1.22 bits per heavy atom. The maximum atomic E-state index is 15.3. The van der Waals surface area contributed by atoms with Crippen molar-refractivity contribution in [1.82, 2.24) is 15.5 Å². The van der Waals surface area contributed by atoms with Crippen molar-refractivity contribution in [2.75, 3.05) is 13.2 Å². The molecule has 1 aromatic carbocycles. The number of hydrogen-bond acceptors (Lipinski definition) is 4. The van der Waals surface area contributed by atoms with Crippen LogP contribution in [0.1, 0.15) is 37.7 Å². The Morgan fingerprint density at radius 2 is 1.95 bits per heavy atom. The molecular weight excluding hydrogens is 525 g/mol. The van der Waals surface area contributed by atoms with Crippen molar-refractivity contribution in [2.45, 2.75) is 62.1 Å².